The number of nitrogens with zero attached hydrogens (tertiary/aromatic N) is 2. The van der Waals surface area contributed by atoms with Crippen molar-refractivity contribution in [2.24, 2.45) is 5.18 Å². The third-order valence-corrected chi connectivity index (χ3v) is 4.51. The average molecular weight is 309 g/mol. The lowest BCUT2D eigenvalue weighted by Gasteiger charge is -2.32. The first kappa shape index (κ1) is 15.8. The molecule has 2 aromatic carbocycles. The van der Waals surface area contributed by atoms with E-state index in [1.54, 1.807) is 6.07 Å². The highest BCUT2D eigenvalue weighted by atomic mass is 16.3. The fourth-order valence-electron chi connectivity index (χ4n) is 3.14. The Morgan fingerprint density at radius 3 is 2.43 bits per heavy atom. The Kier molecular flexibility index (Phi) is 5.51. The van der Waals surface area contributed by atoms with Crippen molar-refractivity contribution in [3.63, 3.8) is 0 Å². The maximum Gasteiger partial charge on any atom is 0.112 e. The van der Waals surface area contributed by atoms with Gasteiger partial charge < -0.3 is 5.32 Å². The summed E-state index contributed by atoms with van der Waals surface area (Å²) < 4.78 is 0. The van der Waals surface area contributed by atoms with Crippen LogP contribution in [0.2, 0.25) is 0 Å². The molecule has 1 heterocycles. The highest BCUT2D eigenvalue weighted by Crippen LogP contribution is 2.19. The number of nitroso groups, excluding NO2 is 1. The van der Waals surface area contributed by atoms with Crippen molar-refractivity contribution in [3.05, 3.63) is 70.6 Å². The minimum atomic E-state index is 0.515. The molecule has 0 radical (unpaired) electrons. The molecule has 1 fully saturated rings. The first-order valence-electron chi connectivity index (χ1n) is 8.26. The van der Waals surface area contributed by atoms with Gasteiger partial charge in [-0.3, -0.25) is 4.90 Å². The Hall–Kier alpha value is -2.04. The first-order valence-corrected chi connectivity index (χ1v) is 8.26. The van der Waals surface area contributed by atoms with Crippen molar-refractivity contribution in [2.75, 3.05) is 13.1 Å². The SMILES string of the molecule is O=Nc1ccccc1CNC1CCN(Cc2ccccc2)CC1. The number of hydrogen-bond acceptors (Lipinski definition) is 4. The number of nitrogens with one attached hydrogen (secondary N) is 1. The number of likely N-dealkylation sites (tertiary alicyclic amines) is 1. The summed E-state index contributed by atoms with van der Waals surface area (Å²) >= 11 is 0. The summed E-state index contributed by atoms with van der Waals surface area (Å²) in [5, 5.41) is 6.67. The van der Waals surface area contributed by atoms with Crippen LogP contribution in [0.3, 0.4) is 0 Å². The van der Waals surface area contributed by atoms with Crippen molar-refractivity contribution < 1.29 is 0 Å². The quantitative estimate of drug-likeness (QED) is 0.825. The molecular weight excluding hydrogens is 286 g/mol. The van der Waals surface area contributed by atoms with E-state index < -0.39 is 0 Å². The summed E-state index contributed by atoms with van der Waals surface area (Å²) in [4.78, 5) is 13.3. The van der Waals surface area contributed by atoms with Crippen LogP contribution >= 0.6 is 0 Å². The number of rotatable bonds is 6. The zero-order valence-corrected chi connectivity index (χ0v) is 13.3. The molecule has 4 heteroatoms. The largest absolute Gasteiger partial charge is 0.310 e. The molecule has 1 N–H and O–H groups in total. The van der Waals surface area contributed by atoms with E-state index in [4.69, 9.17) is 0 Å². The van der Waals surface area contributed by atoms with E-state index in [1.807, 2.05) is 18.2 Å². The third-order valence-electron chi connectivity index (χ3n) is 4.51. The predicted octanol–water partition coefficient (Wildman–Crippen LogP) is 3.84. The molecule has 1 aliphatic heterocycles. The summed E-state index contributed by atoms with van der Waals surface area (Å²) in [6.07, 6.45) is 2.28. The zero-order chi connectivity index (χ0) is 15.9. The fourth-order valence-corrected chi connectivity index (χ4v) is 3.14. The summed E-state index contributed by atoms with van der Waals surface area (Å²) in [7, 11) is 0. The van der Waals surface area contributed by atoms with Crippen LogP contribution in [-0.4, -0.2) is 24.0 Å². The highest BCUT2D eigenvalue weighted by Gasteiger charge is 2.19. The van der Waals surface area contributed by atoms with E-state index in [0.29, 0.717) is 18.3 Å². The van der Waals surface area contributed by atoms with E-state index in [2.05, 4.69) is 45.7 Å². The van der Waals surface area contributed by atoms with Crippen molar-refractivity contribution >= 4 is 5.69 Å². The molecule has 4 nitrogen and oxygen atoms in total. The summed E-state index contributed by atoms with van der Waals surface area (Å²) in [6.45, 7) is 3.97. The minimum Gasteiger partial charge on any atom is -0.310 e. The fraction of sp³-hybridized carbons (Fsp3) is 0.368. The van der Waals surface area contributed by atoms with Crippen molar-refractivity contribution in [3.8, 4) is 0 Å². The maximum absolute atomic E-state index is 10.8. The molecule has 0 aromatic heterocycles. The molecule has 0 aliphatic carbocycles. The molecule has 0 saturated carbocycles. The molecule has 1 aliphatic rings. The van der Waals surface area contributed by atoms with Gasteiger partial charge in [0.1, 0.15) is 5.69 Å². The molecule has 0 spiro atoms. The van der Waals surface area contributed by atoms with Gasteiger partial charge in [-0.25, -0.2) is 0 Å². The standard InChI is InChI=1S/C19H23N3O/c23-21-19-9-5-4-8-17(19)14-20-18-10-12-22(13-11-18)15-16-6-2-1-3-7-16/h1-9,18,20H,10-15H2. The second-order valence-corrected chi connectivity index (χ2v) is 6.14. The van der Waals surface area contributed by atoms with E-state index in [1.165, 1.54) is 5.56 Å². The Balaban J connectivity index is 1.45. The van der Waals surface area contributed by atoms with Crippen LogP contribution in [0.15, 0.2) is 59.8 Å². The van der Waals surface area contributed by atoms with Crippen LogP contribution < -0.4 is 5.32 Å². The van der Waals surface area contributed by atoms with Gasteiger partial charge in [0, 0.05) is 19.1 Å². The smallest absolute Gasteiger partial charge is 0.112 e. The van der Waals surface area contributed by atoms with Gasteiger partial charge in [-0.1, -0.05) is 48.5 Å². The summed E-state index contributed by atoms with van der Waals surface area (Å²) in [6, 6.07) is 18.7. The maximum atomic E-state index is 10.8. The first-order chi connectivity index (χ1) is 11.3. The molecule has 0 amide bonds. The third kappa shape index (κ3) is 4.47. The second-order valence-electron chi connectivity index (χ2n) is 6.14. The van der Waals surface area contributed by atoms with E-state index in [0.717, 1.165) is 38.0 Å². The van der Waals surface area contributed by atoms with Gasteiger partial charge in [0.2, 0.25) is 0 Å². The van der Waals surface area contributed by atoms with Gasteiger partial charge >= 0.3 is 0 Å². The molecule has 120 valence electrons. The van der Waals surface area contributed by atoms with Crippen LogP contribution in [0, 0.1) is 4.91 Å². The van der Waals surface area contributed by atoms with Crippen molar-refractivity contribution in [2.45, 2.75) is 32.0 Å². The highest BCUT2D eigenvalue weighted by molar-refractivity contribution is 5.45. The van der Waals surface area contributed by atoms with Gasteiger partial charge in [-0.15, -0.1) is 4.91 Å². The van der Waals surface area contributed by atoms with Crippen LogP contribution in [-0.2, 0) is 13.1 Å². The van der Waals surface area contributed by atoms with Crippen LogP contribution in [0.4, 0.5) is 5.69 Å². The second kappa shape index (κ2) is 7.99. The lowest BCUT2D eigenvalue weighted by molar-refractivity contribution is 0.190. The van der Waals surface area contributed by atoms with Crippen LogP contribution in [0.25, 0.3) is 0 Å². The van der Waals surface area contributed by atoms with Gasteiger partial charge in [0.05, 0.1) is 0 Å². The van der Waals surface area contributed by atoms with Gasteiger partial charge in [0.15, 0.2) is 0 Å². The number of hydrogen-bond donors (Lipinski definition) is 1. The summed E-state index contributed by atoms with van der Waals surface area (Å²) in [5.74, 6) is 0. The number of piperidine rings is 1. The molecule has 1 saturated heterocycles. The van der Waals surface area contributed by atoms with E-state index in [9.17, 15) is 4.91 Å². The lowest BCUT2D eigenvalue weighted by atomic mass is 10.0. The van der Waals surface area contributed by atoms with Crippen molar-refractivity contribution in [1.29, 1.82) is 0 Å². The Bertz CT molecular complexity index is 622. The molecule has 2 aromatic rings. The van der Waals surface area contributed by atoms with Crippen LogP contribution in [0.5, 0.6) is 0 Å². The van der Waals surface area contributed by atoms with E-state index >= 15 is 0 Å². The lowest BCUT2D eigenvalue weighted by Crippen LogP contribution is -2.41. The normalized spacial score (nSPS) is 16.3. The van der Waals surface area contributed by atoms with Gasteiger partial charge in [-0.05, 0) is 48.3 Å². The average Bonchev–Trinajstić information content (AvgIpc) is 2.62. The Morgan fingerprint density at radius 2 is 1.70 bits per heavy atom. The molecule has 23 heavy (non-hydrogen) atoms. The molecule has 0 bridgehead atoms. The van der Waals surface area contributed by atoms with Gasteiger partial charge in [-0.2, -0.15) is 0 Å². The van der Waals surface area contributed by atoms with Crippen molar-refractivity contribution in [1.82, 2.24) is 10.2 Å². The van der Waals surface area contributed by atoms with Gasteiger partial charge in [0.25, 0.3) is 0 Å². The molecule has 3 rings (SSSR count). The minimum absolute atomic E-state index is 0.515. The van der Waals surface area contributed by atoms with Crippen LogP contribution in [0.1, 0.15) is 24.0 Å². The summed E-state index contributed by atoms with van der Waals surface area (Å²) in [5.41, 5.74) is 2.90. The monoisotopic (exact) mass is 309 g/mol. The molecule has 0 atom stereocenters. The predicted molar refractivity (Wildman–Crippen MR) is 93.5 cm³/mol. The Labute approximate surface area is 137 Å². The molecular formula is C19H23N3O. The molecule has 0 unspecified atom stereocenters. The Morgan fingerprint density at radius 1 is 1.00 bits per heavy atom. The topological polar surface area (TPSA) is 44.7 Å². The zero-order valence-electron chi connectivity index (χ0n) is 13.3. The van der Waals surface area contributed by atoms with E-state index in [-0.39, 0.29) is 0 Å². The number of benzene rings is 2.